The quantitative estimate of drug-likeness (QED) is 0.728. The first-order chi connectivity index (χ1) is 10.7. The summed E-state index contributed by atoms with van der Waals surface area (Å²) in [6, 6.07) is 3.48. The van der Waals surface area contributed by atoms with E-state index in [1.54, 1.807) is 18.6 Å². The summed E-state index contributed by atoms with van der Waals surface area (Å²) in [5, 5.41) is 0. The van der Waals surface area contributed by atoms with E-state index >= 15 is 0 Å². The third kappa shape index (κ3) is 2.11. The highest BCUT2D eigenvalue weighted by Gasteiger charge is 2.19. The highest BCUT2D eigenvalue weighted by Crippen LogP contribution is 2.27. The van der Waals surface area contributed by atoms with E-state index in [0.717, 1.165) is 37.8 Å². The Bertz CT molecular complexity index is 817. The molecule has 1 aromatic carbocycles. The van der Waals surface area contributed by atoms with Crippen molar-refractivity contribution in [3.8, 4) is 11.3 Å². The maximum atomic E-state index is 13.5. The van der Waals surface area contributed by atoms with Gasteiger partial charge < -0.3 is 4.90 Å². The van der Waals surface area contributed by atoms with Crippen molar-refractivity contribution in [2.24, 2.45) is 0 Å². The molecule has 22 heavy (non-hydrogen) atoms. The lowest BCUT2D eigenvalue weighted by Gasteiger charge is -2.16. The lowest BCUT2D eigenvalue weighted by atomic mass is 10.1. The van der Waals surface area contributed by atoms with Crippen LogP contribution in [0, 0.1) is 11.6 Å². The van der Waals surface area contributed by atoms with E-state index in [4.69, 9.17) is 0 Å². The van der Waals surface area contributed by atoms with E-state index in [-0.39, 0.29) is 0 Å². The van der Waals surface area contributed by atoms with Crippen LogP contribution >= 0.6 is 0 Å². The van der Waals surface area contributed by atoms with E-state index < -0.39 is 11.6 Å². The smallest absolute Gasteiger partial charge is 0.180 e. The number of aromatic nitrogens is 3. The van der Waals surface area contributed by atoms with E-state index in [9.17, 15) is 8.78 Å². The van der Waals surface area contributed by atoms with Gasteiger partial charge in [-0.3, -0.25) is 4.40 Å². The van der Waals surface area contributed by atoms with Crippen LogP contribution in [0.1, 0.15) is 12.8 Å². The van der Waals surface area contributed by atoms with E-state index in [1.807, 2.05) is 4.40 Å². The number of nitrogens with zero attached hydrogens (tertiary/aromatic N) is 4. The second-order valence-electron chi connectivity index (χ2n) is 5.44. The second-order valence-corrected chi connectivity index (χ2v) is 5.44. The van der Waals surface area contributed by atoms with Crippen LogP contribution in [0.25, 0.3) is 16.9 Å². The van der Waals surface area contributed by atoms with Crippen molar-refractivity contribution in [2.75, 3.05) is 18.0 Å². The molecule has 0 atom stereocenters. The Labute approximate surface area is 126 Å². The molecule has 1 aliphatic heterocycles. The number of benzene rings is 1. The van der Waals surface area contributed by atoms with Crippen LogP contribution in [-0.4, -0.2) is 27.5 Å². The molecule has 0 bridgehead atoms. The van der Waals surface area contributed by atoms with Gasteiger partial charge in [-0.2, -0.15) is 0 Å². The van der Waals surface area contributed by atoms with Gasteiger partial charge in [0, 0.05) is 37.1 Å². The number of hydrogen-bond donors (Lipinski definition) is 0. The molecule has 0 aliphatic carbocycles. The molecule has 112 valence electrons. The summed E-state index contributed by atoms with van der Waals surface area (Å²) < 4.78 is 28.7. The third-order valence-electron chi connectivity index (χ3n) is 3.97. The van der Waals surface area contributed by atoms with Gasteiger partial charge in [0.1, 0.15) is 11.6 Å². The first-order valence-corrected chi connectivity index (χ1v) is 7.26. The Morgan fingerprint density at radius 2 is 1.68 bits per heavy atom. The van der Waals surface area contributed by atoms with Crippen LogP contribution in [0.15, 0.2) is 36.8 Å². The number of hydrogen-bond acceptors (Lipinski definition) is 3. The molecule has 3 aromatic rings. The van der Waals surface area contributed by atoms with Crippen LogP contribution in [0.5, 0.6) is 0 Å². The van der Waals surface area contributed by atoms with Gasteiger partial charge in [0.2, 0.25) is 0 Å². The lowest BCUT2D eigenvalue weighted by Crippen LogP contribution is -2.19. The molecule has 6 heteroatoms. The van der Waals surface area contributed by atoms with Crippen LogP contribution in [0.4, 0.5) is 14.6 Å². The van der Waals surface area contributed by atoms with Crippen molar-refractivity contribution in [1.29, 1.82) is 0 Å². The summed E-state index contributed by atoms with van der Waals surface area (Å²) in [4.78, 5) is 11.0. The summed E-state index contributed by atoms with van der Waals surface area (Å²) in [6.07, 6.45) is 7.38. The summed E-state index contributed by atoms with van der Waals surface area (Å²) in [5.41, 5.74) is 1.82. The van der Waals surface area contributed by atoms with Crippen molar-refractivity contribution in [3.05, 3.63) is 48.4 Å². The molecule has 0 amide bonds. The standard InChI is InChI=1S/C16H14F2N4/c17-12-7-11(8-13(18)9-12)14-10-20-16-15(19-3-6-22(14)16)21-4-1-2-5-21/h3,6-10H,1-2,4-5H2. The fraction of sp³-hybridized carbons (Fsp3) is 0.250. The fourth-order valence-corrected chi connectivity index (χ4v) is 2.97. The van der Waals surface area contributed by atoms with Gasteiger partial charge in [0.25, 0.3) is 0 Å². The number of imidazole rings is 1. The van der Waals surface area contributed by atoms with Crippen LogP contribution < -0.4 is 4.90 Å². The van der Waals surface area contributed by atoms with Crippen molar-refractivity contribution in [1.82, 2.24) is 14.4 Å². The lowest BCUT2D eigenvalue weighted by molar-refractivity contribution is 0.584. The normalized spacial score (nSPS) is 14.9. The average molecular weight is 300 g/mol. The Balaban J connectivity index is 1.88. The van der Waals surface area contributed by atoms with E-state index in [2.05, 4.69) is 14.9 Å². The number of anilines is 1. The third-order valence-corrected chi connectivity index (χ3v) is 3.97. The molecule has 4 rings (SSSR count). The Hall–Kier alpha value is -2.50. The summed E-state index contributed by atoms with van der Waals surface area (Å²) in [7, 11) is 0. The minimum absolute atomic E-state index is 0.462. The van der Waals surface area contributed by atoms with Gasteiger partial charge in [-0.25, -0.2) is 18.7 Å². The number of halogens is 2. The Morgan fingerprint density at radius 3 is 2.41 bits per heavy atom. The van der Waals surface area contributed by atoms with Crippen molar-refractivity contribution in [3.63, 3.8) is 0 Å². The molecule has 1 aliphatic rings. The zero-order valence-electron chi connectivity index (χ0n) is 11.8. The average Bonchev–Trinajstić information content (AvgIpc) is 3.15. The predicted octanol–water partition coefficient (Wildman–Crippen LogP) is 3.27. The van der Waals surface area contributed by atoms with Gasteiger partial charge in [-0.1, -0.05) is 0 Å². The van der Waals surface area contributed by atoms with Gasteiger partial charge in [-0.05, 0) is 25.0 Å². The van der Waals surface area contributed by atoms with Gasteiger partial charge >= 0.3 is 0 Å². The van der Waals surface area contributed by atoms with Gasteiger partial charge in [0.05, 0.1) is 11.9 Å². The van der Waals surface area contributed by atoms with E-state index in [1.165, 1.54) is 12.1 Å². The molecule has 0 unspecified atom stereocenters. The Kier molecular flexibility index (Phi) is 3.03. The van der Waals surface area contributed by atoms with Gasteiger partial charge in [-0.15, -0.1) is 0 Å². The molecular weight excluding hydrogens is 286 g/mol. The summed E-state index contributed by atoms with van der Waals surface area (Å²) >= 11 is 0. The molecule has 0 radical (unpaired) electrons. The monoisotopic (exact) mass is 300 g/mol. The molecule has 3 heterocycles. The fourth-order valence-electron chi connectivity index (χ4n) is 2.97. The van der Waals surface area contributed by atoms with Crippen molar-refractivity contribution in [2.45, 2.75) is 12.8 Å². The zero-order valence-corrected chi connectivity index (χ0v) is 11.8. The molecule has 0 saturated carbocycles. The summed E-state index contributed by atoms with van der Waals surface area (Å²) in [5.74, 6) is -0.374. The topological polar surface area (TPSA) is 33.4 Å². The molecule has 2 aromatic heterocycles. The Morgan fingerprint density at radius 1 is 0.955 bits per heavy atom. The van der Waals surface area contributed by atoms with Crippen LogP contribution in [0.2, 0.25) is 0 Å². The molecular formula is C16H14F2N4. The highest BCUT2D eigenvalue weighted by molar-refractivity contribution is 5.71. The largest absolute Gasteiger partial charge is 0.354 e. The van der Waals surface area contributed by atoms with Gasteiger partial charge in [0.15, 0.2) is 11.5 Å². The van der Waals surface area contributed by atoms with Crippen LogP contribution in [-0.2, 0) is 0 Å². The molecule has 1 saturated heterocycles. The predicted molar refractivity (Wildman–Crippen MR) is 79.8 cm³/mol. The molecule has 0 spiro atoms. The maximum Gasteiger partial charge on any atom is 0.180 e. The molecule has 1 fully saturated rings. The molecule has 0 N–H and O–H groups in total. The van der Waals surface area contributed by atoms with Crippen LogP contribution in [0.3, 0.4) is 0 Å². The number of fused-ring (bicyclic) bond motifs is 1. The number of rotatable bonds is 2. The zero-order chi connectivity index (χ0) is 15.1. The molecule has 4 nitrogen and oxygen atoms in total. The maximum absolute atomic E-state index is 13.5. The van der Waals surface area contributed by atoms with Crippen molar-refractivity contribution < 1.29 is 8.78 Å². The minimum atomic E-state index is -0.598. The minimum Gasteiger partial charge on any atom is -0.354 e. The summed E-state index contributed by atoms with van der Waals surface area (Å²) in [6.45, 7) is 1.92. The SMILES string of the molecule is Fc1cc(F)cc(-c2cnc3c(N4CCCC4)nccn23)c1. The van der Waals surface area contributed by atoms with E-state index in [0.29, 0.717) is 16.9 Å². The van der Waals surface area contributed by atoms with Crippen molar-refractivity contribution >= 4 is 11.5 Å². The first kappa shape index (κ1) is 13.2. The first-order valence-electron chi connectivity index (χ1n) is 7.26. The second kappa shape index (κ2) is 5.05. The highest BCUT2D eigenvalue weighted by atomic mass is 19.1.